The quantitative estimate of drug-likeness (QED) is 0.370. The Morgan fingerprint density at radius 1 is 1.25 bits per heavy atom. The van der Waals surface area contributed by atoms with Crippen LogP contribution in [-0.4, -0.2) is 36.3 Å². The number of thioether (sulfide) groups is 1. The van der Waals surface area contributed by atoms with Crippen molar-refractivity contribution in [3.05, 3.63) is 58.9 Å². The van der Waals surface area contributed by atoms with Crippen LogP contribution in [0.3, 0.4) is 0 Å². The van der Waals surface area contributed by atoms with Crippen LogP contribution in [0.25, 0.3) is 11.4 Å². The molecule has 1 N–H and O–H groups in total. The Balaban J connectivity index is 1.45. The van der Waals surface area contributed by atoms with E-state index < -0.39 is 4.92 Å². The molecule has 0 radical (unpaired) electrons. The number of nitro benzene ring substituents is 1. The number of hydrogen-bond donors (Lipinski definition) is 1. The first-order chi connectivity index (χ1) is 13.6. The van der Waals surface area contributed by atoms with Crippen molar-refractivity contribution in [2.75, 3.05) is 11.1 Å². The molecule has 28 heavy (non-hydrogen) atoms. The average molecular weight is 396 g/mol. The van der Waals surface area contributed by atoms with Crippen LogP contribution in [0.2, 0.25) is 0 Å². The molecule has 0 bridgehead atoms. The van der Waals surface area contributed by atoms with Gasteiger partial charge in [0.15, 0.2) is 11.0 Å². The van der Waals surface area contributed by atoms with Gasteiger partial charge in [0, 0.05) is 41.8 Å². The van der Waals surface area contributed by atoms with Crippen molar-refractivity contribution in [1.82, 2.24) is 19.7 Å². The fraction of sp³-hybridized carbons (Fsp3) is 0.222. The molecule has 0 aliphatic heterocycles. The Hall–Kier alpha value is -3.27. The summed E-state index contributed by atoms with van der Waals surface area (Å²) >= 11 is 1.30. The molecular formula is C18H16N6O3S. The summed E-state index contributed by atoms with van der Waals surface area (Å²) in [5.74, 6) is 0.636. The average Bonchev–Trinajstić information content (AvgIpc) is 3.46. The van der Waals surface area contributed by atoms with Gasteiger partial charge in [0.2, 0.25) is 5.91 Å². The number of pyridine rings is 1. The van der Waals surface area contributed by atoms with Gasteiger partial charge in [0.25, 0.3) is 5.69 Å². The molecule has 0 spiro atoms. The molecule has 1 aromatic carbocycles. The lowest BCUT2D eigenvalue weighted by Gasteiger charge is -2.09. The molecule has 1 aliphatic rings. The van der Waals surface area contributed by atoms with Crippen molar-refractivity contribution in [2.24, 2.45) is 0 Å². The van der Waals surface area contributed by atoms with Crippen LogP contribution < -0.4 is 5.32 Å². The number of nitrogens with zero attached hydrogens (tertiary/aromatic N) is 5. The number of aromatic nitrogens is 4. The van der Waals surface area contributed by atoms with Gasteiger partial charge in [-0.3, -0.25) is 24.5 Å². The maximum atomic E-state index is 12.3. The summed E-state index contributed by atoms with van der Waals surface area (Å²) in [6.07, 6.45) is 5.54. The zero-order valence-corrected chi connectivity index (χ0v) is 15.5. The van der Waals surface area contributed by atoms with Gasteiger partial charge < -0.3 is 5.32 Å². The molecule has 142 valence electrons. The van der Waals surface area contributed by atoms with Gasteiger partial charge in [-0.2, -0.15) is 0 Å². The number of anilines is 1. The zero-order chi connectivity index (χ0) is 19.5. The molecule has 10 heteroatoms. The number of rotatable bonds is 7. The molecule has 0 saturated heterocycles. The summed E-state index contributed by atoms with van der Waals surface area (Å²) in [7, 11) is 0. The molecule has 0 atom stereocenters. The number of non-ortho nitro benzene ring substituents is 1. The number of benzene rings is 1. The highest BCUT2D eigenvalue weighted by Gasteiger charge is 2.30. The number of hydrogen-bond acceptors (Lipinski definition) is 7. The summed E-state index contributed by atoms with van der Waals surface area (Å²) in [6, 6.07) is 9.97. The van der Waals surface area contributed by atoms with Gasteiger partial charge in [-0.05, 0) is 31.0 Å². The van der Waals surface area contributed by atoms with E-state index in [-0.39, 0.29) is 17.3 Å². The maximum Gasteiger partial charge on any atom is 0.271 e. The van der Waals surface area contributed by atoms with Crippen LogP contribution in [0.1, 0.15) is 18.9 Å². The molecule has 1 fully saturated rings. The number of nitro groups is 1. The third-order valence-corrected chi connectivity index (χ3v) is 5.13. The standard InChI is InChI=1S/C18H16N6O3S/c25-16(20-13-2-1-3-15(10-13)24(26)27)11-28-18-22-21-17(23(18)14-4-5-14)12-6-8-19-9-7-12/h1-3,6-10,14H,4-5,11H2,(H,20,25). The lowest BCUT2D eigenvalue weighted by atomic mass is 10.2. The fourth-order valence-corrected chi connectivity index (χ4v) is 3.57. The van der Waals surface area contributed by atoms with E-state index >= 15 is 0 Å². The van der Waals surface area contributed by atoms with Gasteiger partial charge in [-0.15, -0.1) is 10.2 Å². The minimum Gasteiger partial charge on any atom is -0.325 e. The topological polar surface area (TPSA) is 116 Å². The van der Waals surface area contributed by atoms with Crippen molar-refractivity contribution in [3.63, 3.8) is 0 Å². The first-order valence-electron chi connectivity index (χ1n) is 8.64. The smallest absolute Gasteiger partial charge is 0.271 e. The molecule has 2 heterocycles. The van der Waals surface area contributed by atoms with Crippen LogP contribution in [0.4, 0.5) is 11.4 Å². The second kappa shape index (κ2) is 7.77. The van der Waals surface area contributed by atoms with E-state index in [4.69, 9.17) is 0 Å². The minimum atomic E-state index is -0.497. The van der Waals surface area contributed by atoms with Gasteiger partial charge in [0.1, 0.15) is 0 Å². The molecule has 1 saturated carbocycles. The van der Waals surface area contributed by atoms with Crippen molar-refractivity contribution in [1.29, 1.82) is 0 Å². The lowest BCUT2D eigenvalue weighted by molar-refractivity contribution is -0.384. The summed E-state index contributed by atoms with van der Waals surface area (Å²) in [5, 5.41) is 22.8. The SMILES string of the molecule is O=C(CSc1nnc(-c2ccncc2)n1C1CC1)Nc1cccc([N+](=O)[O-])c1. The van der Waals surface area contributed by atoms with Gasteiger partial charge in [-0.1, -0.05) is 17.8 Å². The summed E-state index contributed by atoms with van der Waals surface area (Å²) in [6.45, 7) is 0. The monoisotopic (exact) mass is 396 g/mol. The largest absolute Gasteiger partial charge is 0.325 e. The highest BCUT2D eigenvalue weighted by atomic mass is 32.2. The Bertz CT molecular complexity index is 1020. The summed E-state index contributed by atoms with van der Waals surface area (Å²) in [4.78, 5) is 26.6. The number of carbonyl (C=O) groups excluding carboxylic acids is 1. The summed E-state index contributed by atoms with van der Waals surface area (Å²) in [5.41, 5.74) is 1.25. The van der Waals surface area contributed by atoms with E-state index in [1.165, 1.54) is 30.0 Å². The fourth-order valence-electron chi connectivity index (χ4n) is 2.76. The summed E-state index contributed by atoms with van der Waals surface area (Å²) < 4.78 is 2.07. The lowest BCUT2D eigenvalue weighted by Crippen LogP contribution is -2.14. The minimum absolute atomic E-state index is 0.0686. The predicted octanol–water partition coefficient (Wildman–Crippen LogP) is 3.31. The van der Waals surface area contributed by atoms with E-state index in [0.29, 0.717) is 16.9 Å². The Kier molecular flexibility index (Phi) is 5.02. The molecule has 0 unspecified atom stereocenters. The number of nitrogens with one attached hydrogen (secondary N) is 1. The number of amides is 1. The highest BCUT2D eigenvalue weighted by Crippen LogP contribution is 2.40. The molecule has 9 nitrogen and oxygen atoms in total. The highest BCUT2D eigenvalue weighted by molar-refractivity contribution is 7.99. The number of carbonyl (C=O) groups is 1. The van der Waals surface area contributed by atoms with E-state index in [9.17, 15) is 14.9 Å². The van der Waals surface area contributed by atoms with E-state index in [1.54, 1.807) is 18.5 Å². The van der Waals surface area contributed by atoms with E-state index in [1.807, 2.05) is 12.1 Å². The van der Waals surface area contributed by atoms with Crippen molar-refractivity contribution in [3.8, 4) is 11.4 Å². The second-order valence-corrected chi connectivity index (χ2v) is 7.23. The van der Waals surface area contributed by atoms with Crippen LogP contribution >= 0.6 is 11.8 Å². The van der Waals surface area contributed by atoms with Gasteiger partial charge in [0.05, 0.1) is 10.7 Å². The molecule has 1 aliphatic carbocycles. The van der Waals surface area contributed by atoms with E-state index in [0.717, 1.165) is 24.2 Å². The maximum absolute atomic E-state index is 12.3. The van der Waals surface area contributed by atoms with E-state index in [2.05, 4.69) is 25.1 Å². The van der Waals surface area contributed by atoms with Crippen molar-refractivity contribution >= 4 is 29.0 Å². The molecule has 4 rings (SSSR count). The first kappa shape index (κ1) is 18.1. The normalized spacial score (nSPS) is 13.3. The molecule has 1 amide bonds. The van der Waals surface area contributed by atoms with Crippen molar-refractivity contribution < 1.29 is 9.72 Å². The molecular weight excluding hydrogens is 380 g/mol. The van der Waals surface area contributed by atoms with Crippen LogP contribution in [-0.2, 0) is 4.79 Å². The van der Waals surface area contributed by atoms with Gasteiger partial charge in [-0.25, -0.2) is 0 Å². The predicted molar refractivity (Wildman–Crippen MR) is 104 cm³/mol. The van der Waals surface area contributed by atoms with Gasteiger partial charge >= 0.3 is 0 Å². The molecule has 2 aromatic heterocycles. The third-order valence-electron chi connectivity index (χ3n) is 4.19. The molecule has 3 aromatic rings. The Morgan fingerprint density at radius 2 is 2.04 bits per heavy atom. The van der Waals surface area contributed by atoms with Crippen LogP contribution in [0, 0.1) is 10.1 Å². The van der Waals surface area contributed by atoms with Crippen molar-refractivity contribution in [2.45, 2.75) is 24.0 Å². The Morgan fingerprint density at radius 3 is 2.75 bits per heavy atom. The zero-order valence-electron chi connectivity index (χ0n) is 14.7. The third kappa shape index (κ3) is 4.01. The Labute approximate surface area is 164 Å². The van der Waals surface area contributed by atoms with Crippen LogP contribution in [0.15, 0.2) is 53.9 Å². The van der Waals surface area contributed by atoms with Crippen LogP contribution in [0.5, 0.6) is 0 Å². The first-order valence-corrected chi connectivity index (χ1v) is 9.63. The second-order valence-electron chi connectivity index (χ2n) is 6.29.